The summed E-state index contributed by atoms with van der Waals surface area (Å²) in [5.41, 5.74) is 11.1. The third-order valence-corrected chi connectivity index (χ3v) is 7.32. The van der Waals surface area contributed by atoms with E-state index in [9.17, 15) is 33.6 Å². The molecule has 3 amide bonds. The number of nitrogens with two attached hydrogens (primary N) is 1. The quantitative estimate of drug-likeness (QED) is 0.0476. The van der Waals surface area contributed by atoms with Crippen LogP contribution in [-0.2, 0) is 33.6 Å². The Hall–Kier alpha value is -4.13. The molecule has 46 heavy (non-hydrogen) atoms. The molecule has 260 valence electrons. The van der Waals surface area contributed by atoms with E-state index in [1.54, 1.807) is 9.80 Å². The molecular weight excluding hydrogens is 610 g/mol. The van der Waals surface area contributed by atoms with E-state index >= 15 is 0 Å². The fraction of sp³-hybridized carbons (Fsp3) is 0.679. The van der Waals surface area contributed by atoms with Crippen molar-refractivity contribution in [1.82, 2.24) is 30.5 Å². The van der Waals surface area contributed by atoms with Gasteiger partial charge in [-0.15, -0.1) is 0 Å². The summed E-state index contributed by atoms with van der Waals surface area (Å²) in [6, 6.07) is -0.941. The highest BCUT2D eigenvalue weighted by molar-refractivity contribution is 5.87. The highest BCUT2D eigenvalue weighted by atomic mass is 16.4. The monoisotopic (exact) mass is 657 g/mol. The lowest BCUT2D eigenvalue weighted by Crippen LogP contribution is -2.50. The average Bonchev–Trinajstić information content (AvgIpc) is 2.95. The molecule has 1 atom stereocenters. The smallest absolute Gasteiger partial charge is 0.317 e. The highest BCUT2D eigenvalue weighted by Crippen LogP contribution is 2.20. The minimum absolute atomic E-state index is 0.0327. The van der Waals surface area contributed by atoms with Crippen LogP contribution in [0.4, 0.5) is 0 Å². The first-order valence-corrected chi connectivity index (χ1v) is 14.9. The van der Waals surface area contributed by atoms with Gasteiger partial charge in [-0.2, -0.15) is 0 Å². The number of likely N-dealkylation sites (tertiary alicyclic amines) is 1. The molecule has 0 radical (unpaired) electrons. The molecule has 1 heterocycles. The van der Waals surface area contributed by atoms with Gasteiger partial charge in [0.25, 0.3) is 5.91 Å². The maximum Gasteiger partial charge on any atom is 0.317 e. The minimum atomic E-state index is -1.24. The van der Waals surface area contributed by atoms with Gasteiger partial charge in [0.05, 0.1) is 32.7 Å². The Kier molecular flexibility index (Phi) is 18.1. The molecule has 1 aliphatic heterocycles. The van der Waals surface area contributed by atoms with Gasteiger partial charge in [-0.05, 0) is 25.2 Å². The first kappa shape index (κ1) is 39.9. The number of nitrogens with one attached hydrogen (secondary N) is 2. The second-order valence-corrected chi connectivity index (χ2v) is 11.2. The fourth-order valence-electron chi connectivity index (χ4n) is 4.89. The number of hydrogen-bond acceptors (Lipinski definition) is 11. The lowest BCUT2D eigenvalue weighted by molar-refractivity contribution is -0.143. The van der Waals surface area contributed by atoms with Gasteiger partial charge in [0.15, 0.2) is 0 Å². The summed E-state index contributed by atoms with van der Waals surface area (Å²) >= 11 is 0. The van der Waals surface area contributed by atoms with Crippen molar-refractivity contribution in [3.8, 4) is 0 Å². The number of carbonyl (C=O) groups is 7. The molecule has 0 aromatic carbocycles. The number of rotatable bonds is 22. The largest absolute Gasteiger partial charge is 0.480 e. The zero-order valence-electron chi connectivity index (χ0n) is 26.2. The Bertz CT molecular complexity index is 1020. The molecule has 1 aliphatic rings. The molecular formula is C28H47N7O11. The fourth-order valence-corrected chi connectivity index (χ4v) is 4.89. The number of hydrogen-bond donors (Lipinski definition) is 7. The van der Waals surface area contributed by atoms with Gasteiger partial charge in [0, 0.05) is 45.7 Å². The summed E-state index contributed by atoms with van der Waals surface area (Å²) in [5, 5.41) is 36.5. The van der Waals surface area contributed by atoms with Gasteiger partial charge in [-0.1, -0.05) is 25.5 Å². The van der Waals surface area contributed by atoms with Crippen molar-refractivity contribution in [2.75, 3.05) is 72.0 Å². The summed E-state index contributed by atoms with van der Waals surface area (Å²) in [6.07, 6.45) is 2.50. The van der Waals surface area contributed by atoms with Crippen LogP contribution in [0.3, 0.4) is 0 Å². The topological polar surface area (TPSA) is 263 Å². The normalized spacial score (nSPS) is 14.2. The Labute approximate surface area is 267 Å². The number of nitrogens with zero attached hydrogens (tertiary/aromatic N) is 4. The van der Waals surface area contributed by atoms with Crippen LogP contribution in [0.1, 0.15) is 39.0 Å². The van der Waals surface area contributed by atoms with Crippen molar-refractivity contribution < 1.29 is 54.0 Å². The first-order valence-electron chi connectivity index (χ1n) is 14.9. The minimum Gasteiger partial charge on any atom is -0.480 e. The van der Waals surface area contributed by atoms with Crippen molar-refractivity contribution in [3.05, 3.63) is 12.2 Å². The molecule has 1 rings (SSSR count). The van der Waals surface area contributed by atoms with Crippen molar-refractivity contribution in [3.63, 3.8) is 0 Å². The van der Waals surface area contributed by atoms with Gasteiger partial charge >= 0.3 is 23.9 Å². The summed E-state index contributed by atoms with van der Waals surface area (Å²) in [6.45, 7) is 4.06. The standard InChI is InChI=1S/C28H47N7O11/c1-3-4-19(2)27(29)28(46)31-30-21(36)13-20-5-7-35(8-6-20)22(37)14-32(9-11-33(15-23(38)39)16-24(40)41)10-12-34(17-25(42)43)18-26(44)45/h20,27H,2-18,29H2,1H3,(H,30,36)(H,31,46)(H,38,39)(H,40,41)(H,42,43)(H,44,45)/t27-/m0/s1. The SMILES string of the molecule is C=C(CCC)[C@H](N)C(=O)NNC(=O)CC1CCN(C(=O)CN(CCN(CC(=O)O)CC(=O)O)CCN(CC(=O)O)CC(=O)O)CC1. The van der Waals surface area contributed by atoms with Crippen LogP contribution < -0.4 is 16.6 Å². The Morgan fingerprint density at radius 2 is 1.20 bits per heavy atom. The molecule has 0 aliphatic carbocycles. The number of amides is 3. The summed E-state index contributed by atoms with van der Waals surface area (Å²) in [5.74, 6) is -6.27. The van der Waals surface area contributed by atoms with E-state index in [0.717, 1.165) is 6.42 Å². The van der Waals surface area contributed by atoms with E-state index in [-0.39, 0.29) is 51.0 Å². The lowest BCUT2D eigenvalue weighted by atomic mass is 9.93. The van der Waals surface area contributed by atoms with Gasteiger partial charge < -0.3 is 31.1 Å². The van der Waals surface area contributed by atoms with Crippen LogP contribution >= 0.6 is 0 Å². The van der Waals surface area contributed by atoms with E-state index in [4.69, 9.17) is 26.2 Å². The van der Waals surface area contributed by atoms with Crippen molar-refractivity contribution in [1.29, 1.82) is 0 Å². The number of carboxylic acids is 4. The third-order valence-electron chi connectivity index (χ3n) is 7.32. The predicted molar refractivity (Wildman–Crippen MR) is 162 cm³/mol. The Morgan fingerprint density at radius 1 is 0.761 bits per heavy atom. The van der Waals surface area contributed by atoms with Gasteiger partial charge in [-0.3, -0.25) is 59.1 Å². The van der Waals surface area contributed by atoms with Crippen LogP contribution in [0.5, 0.6) is 0 Å². The zero-order valence-corrected chi connectivity index (χ0v) is 26.2. The van der Waals surface area contributed by atoms with E-state index in [1.807, 2.05) is 6.92 Å². The van der Waals surface area contributed by atoms with Crippen molar-refractivity contribution >= 4 is 41.6 Å². The van der Waals surface area contributed by atoms with E-state index in [1.165, 1.54) is 9.80 Å². The molecule has 1 saturated heterocycles. The second kappa shape index (κ2) is 20.8. The lowest BCUT2D eigenvalue weighted by Gasteiger charge is -2.34. The Balaban J connectivity index is 2.75. The molecule has 0 aromatic heterocycles. The number of hydrazine groups is 1. The van der Waals surface area contributed by atoms with E-state index in [2.05, 4.69) is 17.4 Å². The molecule has 0 aromatic rings. The van der Waals surface area contributed by atoms with Gasteiger partial charge in [-0.25, -0.2) is 0 Å². The zero-order chi connectivity index (χ0) is 34.8. The molecule has 0 bridgehead atoms. The summed E-state index contributed by atoms with van der Waals surface area (Å²) in [4.78, 5) is 88.1. The van der Waals surface area contributed by atoms with Gasteiger partial charge in [0.2, 0.25) is 11.8 Å². The first-order chi connectivity index (χ1) is 21.6. The molecule has 18 nitrogen and oxygen atoms in total. The molecule has 0 spiro atoms. The van der Waals surface area contributed by atoms with E-state index < -0.39 is 67.9 Å². The maximum atomic E-state index is 13.2. The van der Waals surface area contributed by atoms with E-state index in [0.29, 0.717) is 37.9 Å². The predicted octanol–water partition coefficient (Wildman–Crippen LogP) is -2.31. The van der Waals surface area contributed by atoms with Crippen LogP contribution in [0.25, 0.3) is 0 Å². The summed E-state index contributed by atoms with van der Waals surface area (Å²) < 4.78 is 0. The highest BCUT2D eigenvalue weighted by Gasteiger charge is 2.27. The van der Waals surface area contributed by atoms with Gasteiger partial charge in [0.1, 0.15) is 6.04 Å². The molecule has 18 heteroatoms. The summed E-state index contributed by atoms with van der Waals surface area (Å²) in [7, 11) is 0. The van der Waals surface area contributed by atoms with Crippen molar-refractivity contribution in [2.45, 2.75) is 45.1 Å². The molecule has 0 saturated carbocycles. The number of carboxylic acid groups (broad SMARTS) is 4. The third kappa shape index (κ3) is 16.8. The Morgan fingerprint density at radius 3 is 1.61 bits per heavy atom. The second-order valence-electron chi connectivity index (χ2n) is 11.2. The van der Waals surface area contributed by atoms with Crippen LogP contribution in [-0.4, -0.2) is 160 Å². The van der Waals surface area contributed by atoms with Crippen molar-refractivity contribution in [2.24, 2.45) is 11.7 Å². The number of piperidine rings is 1. The average molecular weight is 658 g/mol. The van der Waals surface area contributed by atoms with Crippen LogP contribution in [0, 0.1) is 5.92 Å². The molecule has 0 unspecified atom stereocenters. The molecule has 8 N–H and O–H groups in total. The number of aliphatic carboxylic acids is 4. The maximum absolute atomic E-state index is 13.2. The van der Waals surface area contributed by atoms with Crippen LogP contribution in [0.2, 0.25) is 0 Å². The number of carbonyl (C=O) groups excluding carboxylic acids is 3. The molecule has 1 fully saturated rings. The van der Waals surface area contributed by atoms with Crippen LogP contribution in [0.15, 0.2) is 12.2 Å².